The van der Waals surface area contributed by atoms with E-state index in [1.54, 1.807) is 0 Å². The number of amides is 1. The summed E-state index contributed by atoms with van der Waals surface area (Å²) in [6, 6.07) is 5.60. The molecule has 1 N–H and O–H groups in total. The van der Waals surface area contributed by atoms with Gasteiger partial charge in [0.1, 0.15) is 5.82 Å². The molecule has 21 heavy (non-hydrogen) atoms. The summed E-state index contributed by atoms with van der Waals surface area (Å²) < 4.78 is 18.0. The van der Waals surface area contributed by atoms with Crippen molar-refractivity contribution in [2.24, 2.45) is 5.92 Å². The molecule has 116 valence electrons. The first-order chi connectivity index (χ1) is 10.1. The Balaban J connectivity index is 1.75. The summed E-state index contributed by atoms with van der Waals surface area (Å²) in [4.78, 5) is 11.7. The lowest BCUT2D eigenvalue weighted by atomic mass is 10.2. The van der Waals surface area contributed by atoms with Crippen molar-refractivity contribution in [1.82, 2.24) is 10.0 Å². The maximum absolute atomic E-state index is 12.8. The summed E-state index contributed by atoms with van der Waals surface area (Å²) in [5.41, 5.74) is 0.526. The Morgan fingerprint density at radius 2 is 1.81 bits per heavy atom. The van der Waals surface area contributed by atoms with E-state index in [9.17, 15) is 9.18 Å². The number of nitrogens with one attached hydrogen (secondary N) is 1. The van der Waals surface area contributed by atoms with Gasteiger partial charge in [-0.3, -0.25) is 5.32 Å². The fraction of sp³-hybridized carbons (Fsp3) is 0.533. The molecule has 0 atom stereocenters. The Labute approximate surface area is 124 Å². The van der Waals surface area contributed by atoms with Gasteiger partial charge in [0.05, 0.1) is 6.61 Å². The van der Waals surface area contributed by atoms with Gasteiger partial charge in [0.15, 0.2) is 0 Å². The Hall–Kier alpha value is -1.66. The van der Waals surface area contributed by atoms with Gasteiger partial charge in [-0.15, -0.1) is 0 Å². The minimum absolute atomic E-state index is 0.323. The molecule has 5 nitrogen and oxygen atoms in total. The SMILES string of the molecule is CCN1CC(COC(=O)Nc2ccc(F)cc2)CN1CC. The van der Waals surface area contributed by atoms with Crippen LogP contribution in [-0.4, -0.2) is 48.9 Å². The van der Waals surface area contributed by atoms with Crippen molar-refractivity contribution in [3.05, 3.63) is 30.1 Å². The molecule has 0 unspecified atom stereocenters. The zero-order chi connectivity index (χ0) is 15.2. The molecular weight excluding hydrogens is 273 g/mol. The molecule has 1 aromatic rings. The van der Waals surface area contributed by atoms with Crippen molar-refractivity contribution in [2.45, 2.75) is 13.8 Å². The summed E-state index contributed by atoms with van der Waals surface area (Å²) >= 11 is 0. The number of hydrazine groups is 1. The highest BCUT2D eigenvalue weighted by atomic mass is 19.1. The summed E-state index contributed by atoms with van der Waals surface area (Å²) in [5.74, 6) is -0.0111. The topological polar surface area (TPSA) is 44.8 Å². The number of benzene rings is 1. The van der Waals surface area contributed by atoms with Gasteiger partial charge in [-0.1, -0.05) is 13.8 Å². The summed E-state index contributed by atoms with van der Waals surface area (Å²) in [6.45, 7) is 8.38. The van der Waals surface area contributed by atoms with Crippen LogP contribution >= 0.6 is 0 Å². The number of hydrogen-bond acceptors (Lipinski definition) is 4. The van der Waals surface area contributed by atoms with Crippen molar-refractivity contribution < 1.29 is 13.9 Å². The Morgan fingerprint density at radius 1 is 1.24 bits per heavy atom. The van der Waals surface area contributed by atoms with Crippen LogP contribution in [0.1, 0.15) is 13.8 Å². The largest absolute Gasteiger partial charge is 0.449 e. The number of nitrogens with zero attached hydrogens (tertiary/aromatic N) is 2. The van der Waals surface area contributed by atoms with Gasteiger partial charge in [0, 0.05) is 37.8 Å². The van der Waals surface area contributed by atoms with E-state index in [2.05, 4.69) is 29.2 Å². The van der Waals surface area contributed by atoms with E-state index in [0.29, 0.717) is 18.2 Å². The molecule has 1 aliphatic heterocycles. The van der Waals surface area contributed by atoms with E-state index in [-0.39, 0.29) is 5.82 Å². The van der Waals surface area contributed by atoms with Crippen molar-refractivity contribution >= 4 is 11.8 Å². The lowest BCUT2D eigenvalue weighted by Gasteiger charge is -2.24. The maximum Gasteiger partial charge on any atom is 0.411 e. The van der Waals surface area contributed by atoms with Crippen LogP contribution in [0.2, 0.25) is 0 Å². The maximum atomic E-state index is 12.8. The normalized spacial score (nSPS) is 17.1. The highest BCUT2D eigenvalue weighted by molar-refractivity contribution is 5.84. The lowest BCUT2D eigenvalue weighted by Crippen LogP contribution is -2.35. The van der Waals surface area contributed by atoms with Gasteiger partial charge in [-0.2, -0.15) is 0 Å². The monoisotopic (exact) mass is 295 g/mol. The molecule has 6 heteroatoms. The molecule has 0 bridgehead atoms. The van der Waals surface area contributed by atoms with Crippen molar-refractivity contribution in [1.29, 1.82) is 0 Å². The third-order valence-electron chi connectivity index (χ3n) is 3.61. The van der Waals surface area contributed by atoms with Crippen LogP contribution in [-0.2, 0) is 4.74 Å². The van der Waals surface area contributed by atoms with Crippen LogP contribution in [0.15, 0.2) is 24.3 Å². The molecular formula is C15H22FN3O2. The standard InChI is InChI=1S/C15H22FN3O2/c1-3-18-9-12(10-19(18)4-2)11-21-15(20)17-14-7-5-13(16)6-8-14/h5-8,12H,3-4,9-11H2,1-2H3,(H,17,20). The van der Waals surface area contributed by atoms with E-state index in [1.165, 1.54) is 24.3 Å². The van der Waals surface area contributed by atoms with Crippen LogP contribution in [0.4, 0.5) is 14.9 Å². The molecule has 1 aliphatic rings. The molecule has 0 saturated carbocycles. The molecule has 1 fully saturated rings. The van der Waals surface area contributed by atoms with E-state index in [1.807, 2.05) is 0 Å². The van der Waals surface area contributed by atoms with Gasteiger partial charge in [0.2, 0.25) is 0 Å². The fourth-order valence-corrected chi connectivity index (χ4v) is 2.53. The average Bonchev–Trinajstić information content (AvgIpc) is 2.90. The predicted molar refractivity (Wildman–Crippen MR) is 79.4 cm³/mol. The van der Waals surface area contributed by atoms with E-state index < -0.39 is 6.09 Å². The van der Waals surface area contributed by atoms with Crippen LogP contribution in [0.5, 0.6) is 0 Å². The second-order valence-electron chi connectivity index (χ2n) is 5.11. The number of carbonyl (C=O) groups excluding carboxylic acids is 1. The smallest absolute Gasteiger partial charge is 0.411 e. The Morgan fingerprint density at radius 3 is 2.33 bits per heavy atom. The number of hydrogen-bond donors (Lipinski definition) is 1. The molecule has 0 aliphatic carbocycles. The highest BCUT2D eigenvalue weighted by Crippen LogP contribution is 2.16. The average molecular weight is 295 g/mol. The molecule has 1 heterocycles. The second-order valence-corrected chi connectivity index (χ2v) is 5.11. The first-order valence-electron chi connectivity index (χ1n) is 7.31. The number of ether oxygens (including phenoxy) is 1. The van der Waals surface area contributed by atoms with Crippen molar-refractivity contribution in [2.75, 3.05) is 38.1 Å². The summed E-state index contributed by atoms with van der Waals surface area (Å²) in [7, 11) is 0. The number of rotatable bonds is 5. The van der Waals surface area contributed by atoms with E-state index in [4.69, 9.17) is 4.74 Å². The molecule has 0 spiro atoms. The Kier molecular flexibility index (Phi) is 5.52. The molecule has 0 radical (unpaired) electrons. The highest BCUT2D eigenvalue weighted by Gasteiger charge is 2.28. The van der Waals surface area contributed by atoms with Gasteiger partial charge in [-0.25, -0.2) is 19.2 Å². The molecule has 0 aromatic heterocycles. The first kappa shape index (κ1) is 15.7. The fourth-order valence-electron chi connectivity index (χ4n) is 2.53. The summed E-state index contributed by atoms with van der Waals surface area (Å²) in [5, 5.41) is 7.13. The van der Waals surface area contributed by atoms with Crippen LogP contribution < -0.4 is 5.32 Å². The minimum Gasteiger partial charge on any atom is -0.449 e. The van der Waals surface area contributed by atoms with Crippen molar-refractivity contribution in [3.8, 4) is 0 Å². The van der Waals surface area contributed by atoms with Gasteiger partial charge < -0.3 is 4.74 Å². The van der Waals surface area contributed by atoms with Crippen LogP contribution in [0.25, 0.3) is 0 Å². The van der Waals surface area contributed by atoms with E-state index in [0.717, 1.165) is 26.2 Å². The van der Waals surface area contributed by atoms with Gasteiger partial charge in [-0.05, 0) is 24.3 Å². The third kappa shape index (κ3) is 4.41. The predicted octanol–water partition coefficient (Wildman–Crippen LogP) is 2.56. The number of anilines is 1. The number of halogens is 1. The van der Waals surface area contributed by atoms with Crippen LogP contribution in [0, 0.1) is 11.7 Å². The van der Waals surface area contributed by atoms with Gasteiger partial charge in [0.25, 0.3) is 0 Å². The third-order valence-corrected chi connectivity index (χ3v) is 3.61. The molecule has 2 rings (SSSR count). The zero-order valence-corrected chi connectivity index (χ0v) is 12.5. The number of carbonyl (C=O) groups is 1. The van der Waals surface area contributed by atoms with Gasteiger partial charge >= 0.3 is 6.09 Å². The van der Waals surface area contributed by atoms with Crippen molar-refractivity contribution in [3.63, 3.8) is 0 Å². The van der Waals surface area contributed by atoms with Crippen LogP contribution in [0.3, 0.4) is 0 Å². The molecule has 1 saturated heterocycles. The lowest BCUT2D eigenvalue weighted by molar-refractivity contribution is 0.0388. The molecule has 1 amide bonds. The summed E-state index contributed by atoms with van der Waals surface area (Å²) in [6.07, 6.45) is -0.500. The second kappa shape index (κ2) is 7.38. The zero-order valence-electron chi connectivity index (χ0n) is 12.5. The minimum atomic E-state index is -0.500. The first-order valence-corrected chi connectivity index (χ1v) is 7.31. The Bertz CT molecular complexity index is 454. The quantitative estimate of drug-likeness (QED) is 0.907. The van der Waals surface area contributed by atoms with E-state index >= 15 is 0 Å². The molecule has 1 aromatic carbocycles.